The number of halogens is 1. The van der Waals surface area contributed by atoms with E-state index < -0.39 is 5.60 Å². The first-order valence-electron chi connectivity index (χ1n) is 12.3. The lowest BCUT2D eigenvalue weighted by Gasteiger charge is -2.39. The number of anilines is 1. The van der Waals surface area contributed by atoms with Crippen molar-refractivity contribution in [2.24, 2.45) is 0 Å². The van der Waals surface area contributed by atoms with Gasteiger partial charge >= 0.3 is 0 Å². The number of ether oxygens (including phenoxy) is 1. The van der Waals surface area contributed by atoms with Crippen LogP contribution in [-0.2, 0) is 10.3 Å². The summed E-state index contributed by atoms with van der Waals surface area (Å²) < 4.78 is 5.45. The first kappa shape index (κ1) is 24.1. The van der Waals surface area contributed by atoms with Gasteiger partial charge in [-0.1, -0.05) is 61.0 Å². The molecular formula is C29H36ClNO2. The Labute approximate surface area is 204 Å². The second-order valence-corrected chi connectivity index (χ2v) is 9.60. The van der Waals surface area contributed by atoms with E-state index in [1.54, 1.807) is 0 Å². The summed E-state index contributed by atoms with van der Waals surface area (Å²) in [7, 11) is 0. The molecule has 0 radical (unpaired) electrons. The molecule has 2 atom stereocenters. The Kier molecular flexibility index (Phi) is 7.63. The Bertz CT molecular complexity index is 1040. The Hall–Kier alpha value is -2.07. The highest BCUT2D eigenvalue weighted by Crippen LogP contribution is 2.38. The summed E-state index contributed by atoms with van der Waals surface area (Å²) in [6.45, 7) is 4.60. The van der Waals surface area contributed by atoms with Crippen molar-refractivity contribution in [1.29, 1.82) is 0 Å². The van der Waals surface area contributed by atoms with Crippen LogP contribution in [0.25, 0.3) is 10.8 Å². The summed E-state index contributed by atoms with van der Waals surface area (Å²) in [5.41, 5.74) is 3.09. The normalized spacial score (nSPS) is 22.5. The first-order chi connectivity index (χ1) is 15.7. The monoisotopic (exact) mass is 465 g/mol. The Balaban J connectivity index is 0.00000259. The van der Waals surface area contributed by atoms with Crippen molar-refractivity contribution >= 4 is 28.9 Å². The second kappa shape index (κ2) is 10.5. The molecule has 33 heavy (non-hydrogen) atoms. The van der Waals surface area contributed by atoms with E-state index in [2.05, 4.69) is 78.6 Å². The van der Waals surface area contributed by atoms with E-state index >= 15 is 0 Å². The molecule has 1 aliphatic carbocycles. The Morgan fingerprint density at radius 3 is 2.39 bits per heavy atom. The van der Waals surface area contributed by atoms with Gasteiger partial charge in [-0.25, -0.2) is 0 Å². The van der Waals surface area contributed by atoms with E-state index in [0.717, 1.165) is 12.1 Å². The zero-order chi connectivity index (χ0) is 22.0. The first-order valence-corrected chi connectivity index (χ1v) is 12.3. The summed E-state index contributed by atoms with van der Waals surface area (Å²) in [6.07, 6.45) is 6.35. The molecule has 3 aromatic carbocycles. The summed E-state index contributed by atoms with van der Waals surface area (Å²) >= 11 is 0. The zero-order valence-electron chi connectivity index (χ0n) is 19.6. The van der Waals surface area contributed by atoms with Crippen LogP contribution in [-0.4, -0.2) is 30.9 Å². The summed E-state index contributed by atoms with van der Waals surface area (Å²) in [5.74, 6) is 0.585. The van der Waals surface area contributed by atoms with Gasteiger partial charge < -0.3 is 14.7 Å². The van der Waals surface area contributed by atoms with Crippen LogP contribution in [0.4, 0.5) is 5.69 Å². The molecule has 1 N–H and O–H groups in total. The van der Waals surface area contributed by atoms with Gasteiger partial charge in [-0.05, 0) is 66.1 Å². The van der Waals surface area contributed by atoms with E-state index in [0.29, 0.717) is 38.0 Å². The van der Waals surface area contributed by atoms with Gasteiger partial charge in [0, 0.05) is 44.3 Å². The fraction of sp³-hybridized carbons (Fsp3) is 0.448. The van der Waals surface area contributed by atoms with E-state index in [9.17, 15) is 5.11 Å². The van der Waals surface area contributed by atoms with Gasteiger partial charge in [0.1, 0.15) is 0 Å². The number of fused-ring (bicyclic) bond motifs is 1. The largest absolute Gasteiger partial charge is 0.385 e. The third kappa shape index (κ3) is 5.06. The molecular weight excluding hydrogens is 430 g/mol. The van der Waals surface area contributed by atoms with Crippen LogP contribution >= 0.6 is 12.4 Å². The van der Waals surface area contributed by atoms with Crippen molar-refractivity contribution in [3.8, 4) is 0 Å². The molecule has 3 aromatic rings. The molecule has 3 nitrogen and oxygen atoms in total. The average Bonchev–Trinajstić information content (AvgIpc) is 2.85. The van der Waals surface area contributed by atoms with Crippen LogP contribution in [0, 0.1) is 0 Å². The number of nitrogens with zero attached hydrogens (tertiary/aromatic N) is 1. The van der Waals surface area contributed by atoms with Crippen LogP contribution < -0.4 is 4.90 Å². The lowest BCUT2D eigenvalue weighted by atomic mass is 9.79. The molecule has 0 amide bonds. The SMILES string of the molecule is CCN(c1ccc2ccccc2c1)C1CCCC(c2ccc(C3(O)CCOCC3)cc2)C1.Cl. The molecule has 0 bridgehead atoms. The molecule has 1 heterocycles. The van der Waals surface area contributed by atoms with Crippen molar-refractivity contribution < 1.29 is 9.84 Å². The van der Waals surface area contributed by atoms with Gasteiger partial charge in [-0.15, -0.1) is 12.4 Å². The number of aliphatic hydroxyl groups is 1. The fourth-order valence-corrected chi connectivity index (χ4v) is 5.82. The Morgan fingerprint density at radius 2 is 1.67 bits per heavy atom. The minimum atomic E-state index is -0.721. The predicted octanol–water partition coefficient (Wildman–Crippen LogP) is 6.81. The molecule has 2 fully saturated rings. The minimum absolute atomic E-state index is 0. The Morgan fingerprint density at radius 1 is 0.939 bits per heavy atom. The van der Waals surface area contributed by atoms with Gasteiger partial charge in [0.05, 0.1) is 5.60 Å². The highest BCUT2D eigenvalue weighted by atomic mass is 35.5. The minimum Gasteiger partial charge on any atom is -0.385 e. The van der Waals surface area contributed by atoms with E-state index in [4.69, 9.17) is 4.74 Å². The van der Waals surface area contributed by atoms with Gasteiger partial charge in [0.25, 0.3) is 0 Å². The number of benzene rings is 3. The third-order valence-corrected chi connectivity index (χ3v) is 7.73. The van der Waals surface area contributed by atoms with Crippen LogP contribution in [0.15, 0.2) is 66.7 Å². The maximum Gasteiger partial charge on any atom is 0.0940 e. The lowest BCUT2D eigenvalue weighted by Crippen LogP contribution is -2.38. The highest BCUT2D eigenvalue weighted by Gasteiger charge is 2.32. The topological polar surface area (TPSA) is 32.7 Å². The number of hydrogen-bond acceptors (Lipinski definition) is 3. The molecule has 0 spiro atoms. The van der Waals surface area contributed by atoms with Crippen molar-refractivity contribution in [2.75, 3.05) is 24.7 Å². The third-order valence-electron chi connectivity index (χ3n) is 7.73. The van der Waals surface area contributed by atoms with Gasteiger partial charge in [-0.2, -0.15) is 0 Å². The number of rotatable bonds is 5. The molecule has 4 heteroatoms. The van der Waals surface area contributed by atoms with Gasteiger partial charge in [0.15, 0.2) is 0 Å². The second-order valence-electron chi connectivity index (χ2n) is 9.60. The molecule has 1 saturated heterocycles. The molecule has 5 rings (SSSR count). The highest BCUT2D eigenvalue weighted by molar-refractivity contribution is 5.86. The lowest BCUT2D eigenvalue weighted by molar-refractivity contribution is -0.0679. The van der Waals surface area contributed by atoms with Crippen molar-refractivity contribution in [3.05, 3.63) is 77.9 Å². The molecule has 176 valence electrons. The summed E-state index contributed by atoms with van der Waals surface area (Å²) in [4.78, 5) is 2.61. The maximum absolute atomic E-state index is 11.0. The van der Waals surface area contributed by atoms with Crippen molar-refractivity contribution in [3.63, 3.8) is 0 Å². The number of hydrogen-bond donors (Lipinski definition) is 1. The van der Waals surface area contributed by atoms with Crippen molar-refractivity contribution in [1.82, 2.24) is 0 Å². The van der Waals surface area contributed by atoms with Crippen LogP contribution in [0.1, 0.15) is 62.5 Å². The fourth-order valence-electron chi connectivity index (χ4n) is 5.82. The zero-order valence-corrected chi connectivity index (χ0v) is 20.4. The molecule has 2 unspecified atom stereocenters. The molecule has 0 aromatic heterocycles. The smallest absolute Gasteiger partial charge is 0.0940 e. The predicted molar refractivity (Wildman–Crippen MR) is 140 cm³/mol. The molecule has 2 aliphatic rings. The van der Waals surface area contributed by atoms with E-state index in [-0.39, 0.29) is 12.4 Å². The maximum atomic E-state index is 11.0. The quantitative estimate of drug-likeness (QED) is 0.449. The standard InChI is InChI=1S/C29H35NO2.ClH/c1-2-30(28-15-12-22-6-3-4-7-24(22)21-28)27-9-5-8-25(20-27)23-10-13-26(14-11-23)29(31)16-18-32-19-17-29;/h3-4,6-7,10-15,21,25,27,31H,2,5,8-9,16-20H2,1H3;1H. The van der Waals surface area contributed by atoms with Crippen LogP contribution in [0.2, 0.25) is 0 Å². The molecule has 1 saturated carbocycles. The average molecular weight is 466 g/mol. The van der Waals surface area contributed by atoms with E-state index in [1.165, 1.54) is 47.7 Å². The summed E-state index contributed by atoms with van der Waals surface area (Å²) in [5, 5.41) is 13.6. The van der Waals surface area contributed by atoms with Gasteiger partial charge in [-0.3, -0.25) is 0 Å². The van der Waals surface area contributed by atoms with E-state index in [1.807, 2.05) is 0 Å². The summed E-state index contributed by atoms with van der Waals surface area (Å²) in [6, 6.07) is 25.0. The van der Waals surface area contributed by atoms with Gasteiger partial charge in [0.2, 0.25) is 0 Å². The van der Waals surface area contributed by atoms with Crippen molar-refractivity contribution in [2.45, 2.75) is 63.0 Å². The van der Waals surface area contributed by atoms with Crippen LogP contribution in [0.3, 0.4) is 0 Å². The molecule has 1 aliphatic heterocycles. The van der Waals surface area contributed by atoms with Crippen LogP contribution in [0.5, 0.6) is 0 Å².